The predicted octanol–water partition coefficient (Wildman–Crippen LogP) is 1.91. The second-order valence-corrected chi connectivity index (χ2v) is 4.27. The molecule has 1 rings (SSSR count). The molecule has 0 aromatic carbocycles. The van der Waals surface area contributed by atoms with E-state index in [0.717, 1.165) is 12.2 Å². The highest BCUT2D eigenvalue weighted by Gasteiger charge is 2.20. The summed E-state index contributed by atoms with van der Waals surface area (Å²) in [5.41, 5.74) is 0. The summed E-state index contributed by atoms with van der Waals surface area (Å²) in [6.07, 6.45) is 2.41. The molecule has 0 fully saturated rings. The van der Waals surface area contributed by atoms with Crippen LogP contribution in [0.1, 0.15) is 26.5 Å². The molecule has 16 heavy (non-hydrogen) atoms. The lowest BCUT2D eigenvalue weighted by Crippen LogP contribution is -2.42. The molecule has 0 aliphatic heterocycles. The third-order valence-electron chi connectivity index (χ3n) is 2.77. The second kappa shape index (κ2) is 5.70. The van der Waals surface area contributed by atoms with Crippen molar-refractivity contribution in [1.82, 2.24) is 5.32 Å². The first-order valence-electron chi connectivity index (χ1n) is 5.52. The van der Waals surface area contributed by atoms with Gasteiger partial charge in [-0.15, -0.1) is 0 Å². The molecule has 0 aliphatic carbocycles. The van der Waals surface area contributed by atoms with Crippen LogP contribution in [0.3, 0.4) is 0 Å². The van der Waals surface area contributed by atoms with E-state index in [9.17, 15) is 4.79 Å². The molecule has 0 bridgehead atoms. The van der Waals surface area contributed by atoms with E-state index in [1.54, 1.807) is 13.2 Å². The van der Waals surface area contributed by atoms with Crippen LogP contribution < -0.4 is 5.32 Å². The lowest BCUT2D eigenvalue weighted by Gasteiger charge is -2.22. The largest absolute Gasteiger partial charge is 0.481 e. The Hall–Kier alpha value is -1.29. The Labute approximate surface area is 95.7 Å². The molecule has 4 nitrogen and oxygen atoms in total. The molecule has 0 aliphatic rings. The normalized spacial score (nSPS) is 16.7. The summed E-state index contributed by atoms with van der Waals surface area (Å²) in [6, 6.07) is 3.92. The number of carboxylic acid groups (broad SMARTS) is 1. The van der Waals surface area contributed by atoms with Gasteiger partial charge >= 0.3 is 5.97 Å². The van der Waals surface area contributed by atoms with Crippen LogP contribution in [0, 0.1) is 5.92 Å². The fourth-order valence-electron chi connectivity index (χ4n) is 1.60. The number of carbonyl (C=O) groups is 1. The van der Waals surface area contributed by atoms with E-state index in [1.807, 2.05) is 26.0 Å². The highest BCUT2D eigenvalue weighted by atomic mass is 16.4. The maximum atomic E-state index is 10.8. The molecule has 90 valence electrons. The smallest absolute Gasteiger partial charge is 0.307 e. The minimum absolute atomic E-state index is 0.0533. The Kier molecular flexibility index (Phi) is 4.55. The van der Waals surface area contributed by atoms with Crippen molar-refractivity contribution in [2.45, 2.75) is 39.3 Å². The summed E-state index contributed by atoms with van der Waals surface area (Å²) in [7, 11) is 0. The van der Waals surface area contributed by atoms with Gasteiger partial charge in [-0.2, -0.15) is 0 Å². The van der Waals surface area contributed by atoms with Gasteiger partial charge in [0, 0.05) is 18.5 Å². The Bertz CT molecular complexity index is 321. The Morgan fingerprint density at radius 1 is 1.50 bits per heavy atom. The first-order valence-corrected chi connectivity index (χ1v) is 5.52. The molecule has 3 unspecified atom stereocenters. The molecule has 0 spiro atoms. The lowest BCUT2D eigenvalue weighted by atomic mass is 10.0. The van der Waals surface area contributed by atoms with Crippen molar-refractivity contribution in [3.63, 3.8) is 0 Å². The van der Waals surface area contributed by atoms with Crippen LogP contribution in [-0.4, -0.2) is 23.2 Å². The molecule has 0 saturated heterocycles. The minimum Gasteiger partial charge on any atom is -0.481 e. The van der Waals surface area contributed by atoms with Crippen LogP contribution in [-0.2, 0) is 11.2 Å². The van der Waals surface area contributed by atoms with Crippen LogP contribution in [0.25, 0.3) is 0 Å². The summed E-state index contributed by atoms with van der Waals surface area (Å²) >= 11 is 0. The molecule has 0 radical (unpaired) electrons. The SMILES string of the molecule is CC(Cc1ccco1)NC(C)C(C)C(=O)O. The number of furan rings is 1. The van der Waals surface area contributed by atoms with Crippen molar-refractivity contribution in [3.05, 3.63) is 24.2 Å². The highest BCUT2D eigenvalue weighted by Crippen LogP contribution is 2.07. The van der Waals surface area contributed by atoms with E-state index >= 15 is 0 Å². The Morgan fingerprint density at radius 2 is 2.19 bits per heavy atom. The maximum absolute atomic E-state index is 10.8. The van der Waals surface area contributed by atoms with Gasteiger partial charge in [0.15, 0.2) is 0 Å². The topological polar surface area (TPSA) is 62.5 Å². The van der Waals surface area contributed by atoms with Gasteiger partial charge in [0.25, 0.3) is 0 Å². The standard InChI is InChI=1S/C12H19NO3/c1-8(7-11-5-4-6-16-11)13-10(3)9(2)12(14)15/h4-6,8-10,13H,7H2,1-3H3,(H,14,15). The summed E-state index contributed by atoms with van der Waals surface area (Å²) in [4.78, 5) is 10.8. The molecular formula is C12H19NO3. The van der Waals surface area contributed by atoms with E-state index < -0.39 is 5.97 Å². The van der Waals surface area contributed by atoms with Crippen LogP contribution in [0.5, 0.6) is 0 Å². The molecule has 1 heterocycles. The number of nitrogens with one attached hydrogen (secondary N) is 1. The zero-order valence-electron chi connectivity index (χ0n) is 9.93. The van der Waals surface area contributed by atoms with Crippen LogP contribution in [0.2, 0.25) is 0 Å². The zero-order chi connectivity index (χ0) is 12.1. The average molecular weight is 225 g/mol. The van der Waals surface area contributed by atoms with Crippen LogP contribution in [0.4, 0.5) is 0 Å². The van der Waals surface area contributed by atoms with Gasteiger partial charge in [0.05, 0.1) is 12.2 Å². The average Bonchev–Trinajstić information content (AvgIpc) is 2.68. The molecular weight excluding hydrogens is 206 g/mol. The third kappa shape index (κ3) is 3.70. The second-order valence-electron chi connectivity index (χ2n) is 4.27. The monoisotopic (exact) mass is 225 g/mol. The number of carboxylic acids is 1. The number of hydrogen-bond donors (Lipinski definition) is 2. The maximum Gasteiger partial charge on any atom is 0.307 e. The summed E-state index contributed by atoms with van der Waals surface area (Å²) in [5.74, 6) is -0.251. The summed E-state index contributed by atoms with van der Waals surface area (Å²) in [6.45, 7) is 5.62. The van der Waals surface area contributed by atoms with Crippen molar-refractivity contribution in [2.75, 3.05) is 0 Å². The molecule has 2 N–H and O–H groups in total. The van der Waals surface area contributed by atoms with Gasteiger partial charge in [0.1, 0.15) is 5.76 Å². The fraction of sp³-hybridized carbons (Fsp3) is 0.583. The number of aliphatic carboxylic acids is 1. The van der Waals surface area contributed by atoms with Crippen molar-refractivity contribution >= 4 is 5.97 Å². The first-order chi connectivity index (χ1) is 7.50. The van der Waals surface area contributed by atoms with Gasteiger partial charge in [-0.3, -0.25) is 4.79 Å². The van der Waals surface area contributed by atoms with E-state index in [0.29, 0.717) is 0 Å². The highest BCUT2D eigenvalue weighted by molar-refractivity contribution is 5.70. The van der Waals surface area contributed by atoms with Gasteiger partial charge in [0.2, 0.25) is 0 Å². The molecule has 1 aromatic rings. The van der Waals surface area contributed by atoms with E-state index in [2.05, 4.69) is 5.32 Å². The third-order valence-corrected chi connectivity index (χ3v) is 2.77. The molecule has 0 amide bonds. The van der Waals surface area contributed by atoms with E-state index in [-0.39, 0.29) is 18.0 Å². The Morgan fingerprint density at radius 3 is 2.69 bits per heavy atom. The first kappa shape index (κ1) is 12.8. The van der Waals surface area contributed by atoms with Gasteiger partial charge in [-0.05, 0) is 26.0 Å². The van der Waals surface area contributed by atoms with Crippen molar-refractivity contribution < 1.29 is 14.3 Å². The summed E-state index contributed by atoms with van der Waals surface area (Å²) < 4.78 is 5.24. The molecule has 3 atom stereocenters. The van der Waals surface area contributed by atoms with Crippen LogP contribution in [0.15, 0.2) is 22.8 Å². The lowest BCUT2D eigenvalue weighted by molar-refractivity contribution is -0.142. The van der Waals surface area contributed by atoms with Gasteiger partial charge < -0.3 is 14.8 Å². The Balaban J connectivity index is 2.39. The predicted molar refractivity (Wildman–Crippen MR) is 61.3 cm³/mol. The van der Waals surface area contributed by atoms with Crippen molar-refractivity contribution in [2.24, 2.45) is 5.92 Å². The number of hydrogen-bond acceptors (Lipinski definition) is 3. The van der Waals surface area contributed by atoms with Crippen LogP contribution >= 0.6 is 0 Å². The van der Waals surface area contributed by atoms with Crippen molar-refractivity contribution in [1.29, 1.82) is 0 Å². The molecule has 4 heteroatoms. The molecule has 1 aromatic heterocycles. The quantitative estimate of drug-likeness (QED) is 0.776. The fourth-order valence-corrected chi connectivity index (χ4v) is 1.60. The van der Waals surface area contributed by atoms with E-state index in [1.165, 1.54) is 0 Å². The zero-order valence-corrected chi connectivity index (χ0v) is 9.93. The van der Waals surface area contributed by atoms with Gasteiger partial charge in [-0.25, -0.2) is 0 Å². The minimum atomic E-state index is -0.773. The summed E-state index contributed by atoms with van der Waals surface area (Å²) in [5, 5.41) is 12.1. The van der Waals surface area contributed by atoms with E-state index in [4.69, 9.17) is 9.52 Å². The molecule has 0 saturated carbocycles. The van der Waals surface area contributed by atoms with Crippen molar-refractivity contribution in [3.8, 4) is 0 Å². The number of rotatable bonds is 6. The van der Waals surface area contributed by atoms with Gasteiger partial charge in [-0.1, -0.05) is 6.92 Å².